The third kappa shape index (κ3) is 1.99. The van der Waals surface area contributed by atoms with Gasteiger partial charge in [-0.05, 0) is 26.3 Å². The first kappa shape index (κ1) is 10.1. The molecule has 2 heterocycles. The van der Waals surface area contributed by atoms with Crippen LogP contribution in [-0.2, 0) is 4.79 Å². The summed E-state index contributed by atoms with van der Waals surface area (Å²) in [6.07, 6.45) is 3.88. The van der Waals surface area contributed by atoms with Gasteiger partial charge in [0.15, 0.2) is 0 Å². The molecule has 1 saturated heterocycles. The Balaban J connectivity index is 2.12. The summed E-state index contributed by atoms with van der Waals surface area (Å²) in [5.74, 6) is -0.897. The molecule has 1 fully saturated rings. The highest BCUT2D eigenvalue weighted by Gasteiger charge is 2.21. The Bertz CT molecular complexity index is 357. The molecule has 0 aliphatic carbocycles. The lowest BCUT2D eigenvalue weighted by molar-refractivity contribution is -0.140. The van der Waals surface area contributed by atoms with Crippen LogP contribution in [0.3, 0.4) is 0 Å². The monoisotopic (exact) mass is 210 g/mol. The van der Waals surface area contributed by atoms with E-state index in [1.165, 1.54) is 4.68 Å². The lowest BCUT2D eigenvalue weighted by Crippen LogP contribution is -2.16. The Morgan fingerprint density at radius 2 is 2.60 bits per heavy atom. The molecule has 0 unspecified atom stereocenters. The van der Waals surface area contributed by atoms with Gasteiger partial charge in [-0.15, -0.1) is 5.10 Å². The lowest BCUT2D eigenvalue weighted by atomic mass is 10.2. The minimum atomic E-state index is -0.897. The van der Waals surface area contributed by atoms with Gasteiger partial charge >= 0.3 is 5.97 Å². The second-order valence-corrected chi connectivity index (χ2v) is 3.79. The van der Waals surface area contributed by atoms with Crippen molar-refractivity contribution in [1.82, 2.24) is 20.3 Å². The number of nitrogens with zero attached hydrogens (tertiary/aromatic N) is 3. The first-order valence-electron chi connectivity index (χ1n) is 5.06. The van der Waals surface area contributed by atoms with Gasteiger partial charge in [-0.25, -0.2) is 9.48 Å². The molecule has 1 aromatic rings. The van der Waals surface area contributed by atoms with Crippen molar-refractivity contribution in [2.24, 2.45) is 0 Å². The predicted molar refractivity (Wildman–Crippen MR) is 52.3 cm³/mol. The number of carboxylic acids is 1. The second kappa shape index (κ2) is 3.98. The number of rotatable bonds is 3. The number of carbonyl (C=O) groups is 1. The molecule has 6 heteroatoms. The quantitative estimate of drug-likeness (QED) is 0.752. The van der Waals surface area contributed by atoms with E-state index in [4.69, 9.17) is 5.11 Å². The third-order valence-corrected chi connectivity index (χ3v) is 2.70. The van der Waals surface area contributed by atoms with Crippen LogP contribution in [0.25, 0.3) is 0 Å². The Hall–Kier alpha value is -1.43. The van der Waals surface area contributed by atoms with E-state index in [9.17, 15) is 4.79 Å². The molecule has 1 aliphatic rings. The van der Waals surface area contributed by atoms with Gasteiger partial charge < -0.3 is 10.4 Å². The van der Waals surface area contributed by atoms with Gasteiger partial charge in [0.2, 0.25) is 0 Å². The lowest BCUT2D eigenvalue weighted by Gasteiger charge is -2.05. The van der Waals surface area contributed by atoms with E-state index in [1.807, 2.05) is 0 Å². The van der Waals surface area contributed by atoms with Crippen molar-refractivity contribution in [3.8, 4) is 0 Å². The van der Waals surface area contributed by atoms with Crippen molar-refractivity contribution in [3.63, 3.8) is 0 Å². The summed E-state index contributed by atoms with van der Waals surface area (Å²) in [7, 11) is 0. The number of hydrogen-bond donors (Lipinski definition) is 2. The minimum Gasteiger partial charge on any atom is -0.480 e. The molecule has 0 saturated carbocycles. The van der Waals surface area contributed by atoms with Crippen LogP contribution in [0.1, 0.15) is 37.5 Å². The van der Waals surface area contributed by atoms with Gasteiger partial charge in [0.05, 0.1) is 17.9 Å². The van der Waals surface area contributed by atoms with Gasteiger partial charge in [-0.3, -0.25) is 0 Å². The zero-order valence-electron chi connectivity index (χ0n) is 8.55. The van der Waals surface area contributed by atoms with Crippen molar-refractivity contribution < 1.29 is 9.90 Å². The zero-order chi connectivity index (χ0) is 10.8. The molecule has 2 atom stereocenters. The maximum atomic E-state index is 10.7. The molecule has 15 heavy (non-hydrogen) atoms. The largest absolute Gasteiger partial charge is 0.480 e. The van der Waals surface area contributed by atoms with E-state index in [-0.39, 0.29) is 6.04 Å². The highest BCUT2D eigenvalue weighted by atomic mass is 16.4. The van der Waals surface area contributed by atoms with E-state index in [2.05, 4.69) is 15.6 Å². The van der Waals surface area contributed by atoms with Gasteiger partial charge in [0, 0.05) is 0 Å². The summed E-state index contributed by atoms with van der Waals surface area (Å²) in [6, 6.07) is -0.424. The molecule has 82 valence electrons. The average Bonchev–Trinajstić information content (AvgIpc) is 2.86. The van der Waals surface area contributed by atoms with Crippen LogP contribution in [-0.4, -0.2) is 32.6 Å². The van der Waals surface area contributed by atoms with E-state index in [0.29, 0.717) is 0 Å². The maximum absolute atomic E-state index is 10.7. The van der Waals surface area contributed by atoms with Crippen LogP contribution in [0.4, 0.5) is 0 Å². The number of aliphatic carboxylic acids is 1. The fourth-order valence-corrected chi connectivity index (χ4v) is 1.69. The predicted octanol–water partition coefficient (Wildman–Crippen LogP) is 0.348. The smallest absolute Gasteiger partial charge is 0.328 e. The van der Waals surface area contributed by atoms with Crippen molar-refractivity contribution >= 4 is 5.97 Å². The topological polar surface area (TPSA) is 80.0 Å². The molecule has 0 radical (unpaired) electrons. The van der Waals surface area contributed by atoms with E-state index in [0.717, 1.165) is 25.1 Å². The molecule has 0 bridgehead atoms. The average molecular weight is 210 g/mol. The summed E-state index contributed by atoms with van der Waals surface area (Å²) < 4.78 is 1.39. The van der Waals surface area contributed by atoms with E-state index >= 15 is 0 Å². The van der Waals surface area contributed by atoms with Crippen molar-refractivity contribution in [1.29, 1.82) is 0 Å². The number of aromatic nitrogens is 3. The normalized spacial score (nSPS) is 22.9. The third-order valence-electron chi connectivity index (χ3n) is 2.70. The highest BCUT2D eigenvalue weighted by molar-refractivity contribution is 5.71. The van der Waals surface area contributed by atoms with Gasteiger partial charge in [0.25, 0.3) is 0 Å². The molecule has 2 rings (SSSR count). The van der Waals surface area contributed by atoms with Crippen molar-refractivity contribution in [3.05, 3.63) is 11.9 Å². The molecular weight excluding hydrogens is 196 g/mol. The van der Waals surface area contributed by atoms with Crippen LogP contribution in [0.2, 0.25) is 0 Å². The van der Waals surface area contributed by atoms with Crippen LogP contribution in [0.15, 0.2) is 6.20 Å². The van der Waals surface area contributed by atoms with E-state index < -0.39 is 12.0 Å². The number of carboxylic acid groups (broad SMARTS) is 1. The van der Waals surface area contributed by atoms with Crippen LogP contribution < -0.4 is 5.32 Å². The molecule has 2 N–H and O–H groups in total. The standard InChI is InChI=1S/C9H14N4O2/c1-6(9(14)15)13-5-8(11-12-13)7-3-2-4-10-7/h5-7,10H,2-4H2,1H3,(H,14,15)/t6-,7-/m0/s1. The maximum Gasteiger partial charge on any atom is 0.328 e. The fraction of sp³-hybridized carbons (Fsp3) is 0.667. The molecule has 1 aliphatic heterocycles. The summed E-state index contributed by atoms with van der Waals surface area (Å²) in [5, 5.41) is 19.9. The Labute approximate surface area is 87.3 Å². The first-order chi connectivity index (χ1) is 7.18. The summed E-state index contributed by atoms with van der Waals surface area (Å²) >= 11 is 0. The minimum absolute atomic E-state index is 0.236. The van der Waals surface area contributed by atoms with Crippen LogP contribution in [0, 0.1) is 0 Å². The number of hydrogen-bond acceptors (Lipinski definition) is 4. The molecule has 0 amide bonds. The van der Waals surface area contributed by atoms with Gasteiger partial charge in [-0.1, -0.05) is 5.21 Å². The molecule has 0 aromatic carbocycles. The Morgan fingerprint density at radius 3 is 3.20 bits per heavy atom. The summed E-state index contributed by atoms with van der Waals surface area (Å²) in [5.41, 5.74) is 0.834. The highest BCUT2D eigenvalue weighted by Crippen LogP contribution is 2.21. The molecular formula is C9H14N4O2. The van der Waals surface area contributed by atoms with Crippen LogP contribution >= 0.6 is 0 Å². The summed E-state index contributed by atoms with van der Waals surface area (Å²) in [6.45, 7) is 2.58. The SMILES string of the molecule is C[C@@H](C(=O)O)n1cc([C@@H]2CCCN2)nn1. The Morgan fingerprint density at radius 1 is 1.80 bits per heavy atom. The van der Waals surface area contributed by atoms with Gasteiger partial charge in [-0.2, -0.15) is 0 Å². The zero-order valence-corrected chi connectivity index (χ0v) is 8.55. The second-order valence-electron chi connectivity index (χ2n) is 3.79. The van der Waals surface area contributed by atoms with E-state index in [1.54, 1.807) is 13.1 Å². The van der Waals surface area contributed by atoms with Crippen molar-refractivity contribution in [2.75, 3.05) is 6.54 Å². The Kier molecular flexibility index (Phi) is 2.68. The van der Waals surface area contributed by atoms with Gasteiger partial charge in [0.1, 0.15) is 6.04 Å². The fourth-order valence-electron chi connectivity index (χ4n) is 1.69. The van der Waals surface area contributed by atoms with Crippen molar-refractivity contribution in [2.45, 2.75) is 31.8 Å². The van der Waals surface area contributed by atoms with Crippen LogP contribution in [0.5, 0.6) is 0 Å². The molecule has 0 spiro atoms. The summed E-state index contributed by atoms with van der Waals surface area (Å²) in [4.78, 5) is 10.7. The first-order valence-corrected chi connectivity index (χ1v) is 5.06. The molecule has 6 nitrogen and oxygen atoms in total. The molecule has 1 aromatic heterocycles. The number of nitrogens with one attached hydrogen (secondary N) is 1.